The molecule has 0 N–H and O–H groups in total. The lowest BCUT2D eigenvalue weighted by Crippen LogP contribution is -2.30. The van der Waals surface area contributed by atoms with Gasteiger partial charge in [0.25, 0.3) is 0 Å². The fourth-order valence-electron chi connectivity index (χ4n) is 8.09. The summed E-state index contributed by atoms with van der Waals surface area (Å²) in [4.78, 5) is 49.7. The second-order valence-electron chi connectivity index (χ2n) is 15.4. The summed E-state index contributed by atoms with van der Waals surface area (Å²) in [6.07, 6.45) is 46.2. The van der Waals surface area contributed by atoms with Gasteiger partial charge < -0.3 is 9.59 Å². The highest BCUT2D eigenvalue weighted by atomic mass is 35.5. The molecule has 1 saturated carbocycles. The lowest BCUT2D eigenvalue weighted by atomic mass is 9.76. The summed E-state index contributed by atoms with van der Waals surface area (Å²) in [5, 5.41) is -0.583. The molecule has 0 saturated heterocycles. The van der Waals surface area contributed by atoms with Crippen molar-refractivity contribution in [1.82, 2.24) is 0 Å². The first kappa shape index (κ1) is 46.5. The fraction of sp³-hybridized carbons (Fsp3) is 0.822. The van der Waals surface area contributed by atoms with E-state index >= 15 is 0 Å². The van der Waals surface area contributed by atoms with Crippen molar-refractivity contribution < 1.29 is 19.2 Å². The molecule has 1 aliphatic rings. The lowest BCUT2D eigenvalue weighted by molar-refractivity contribution is -0.127. The van der Waals surface area contributed by atoms with E-state index in [0.29, 0.717) is 12.8 Å². The summed E-state index contributed by atoms with van der Waals surface area (Å²) < 4.78 is 0. The van der Waals surface area contributed by atoms with Crippen LogP contribution in [0.3, 0.4) is 0 Å². The van der Waals surface area contributed by atoms with Gasteiger partial charge in [-0.2, -0.15) is 0 Å². The van der Waals surface area contributed by atoms with Crippen molar-refractivity contribution in [2.45, 2.75) is 213 Å². The molecule has 0 radical (unpaired) electrons. The van der Waals surface area contributed by atoms with Crippen molar-refractivity contribution in [2.24, 2.45) is 23.2 Å². The summed E-state index contributed by atoms with van der Waals surface area (Å²) in [5.41, 5.74) is -0.913. The van der Waals surface area contributed by atoms with Crippen LogP contribution >= 0.6 is 11.6 Å². The van der Waals surface area contributed by atoms with Crippen LogP contribution in [0.15, 0.2) is 24.3 Å². The van der Waals surface area contributed by atoms with Gasteiger partial charge in [0.15, 0.2) is 0 Å². The zero-order valence-electron chi connectivity index (χ0n) is 32.6. The van der Waals surface area contributed by atoms with Crippen LogP contribution in [0.5, 0.6) is 0 Å². The minimum absolute atomic E-state index is 0.0513. The van der Waals surface area contributed by atoms with Crippen molar-refractivity contribution in [3.05, 3.63) is 24.3 Å². The molecule has 4 atom stereocenters. The highest BCUT2D eigenvalue weighted by molar-refractivity contribution is 6.64. The Kier molecular flexibility index (Phi) is 29.9. The Morgan fingerprint density at radius 2 is 0.940 bits per heavy atom. The number of halogens is 1. The van der Waals surface area contributed by atoms with E-state index in [4.69, 9.17) is 11.6 Å². The maximum absolute atomic E-state index is 13.7. The van der Waals surface area contributed by atoms with Crippen LogP contribution in [-0.4, -0.2) is 23.6 Å². The van der Waals surface area contributed by atoms with E-state index in [1.54, 1.807) is 0 Å². The number of ketones is 1. The number of carbonyl (C=O) groups is 4. The Morgan fingerprint density at radius 3 is 1.30 bits per heavy atom. The Labute approximate surface area is 313 Å². The van der Waals surface area contributed by atoms with Gasteiger partial charge in [-0.25, -0.2) is 0 Å². The average Bonchev–Trinajstić information content (AvgIpc) is 3.77. The first-order valence-corrected chi connectivity index (χ1v) is 21.8. The third-order valence-electron chi connectivity index (χ3n) is 11.3. The van der Waals surface area contributed by atoms with E-state index in [0.717, 1.165) is 63.9 Å². The van der Waals surface area contributed by atoms with Crippen LogP contribution in [0.25, 0.3) is 0 Å². The van der Waals surface area contributed by atoms with Crippen molar-refractivity contribution in [3.8, 4) is 0 Å². The van der Waals surface area contributed by atoms with E-state index in [1.165, 1.54) is 128 Å². The predicted octanol–water partition coefficient (Wildman–Crippen LogP) is 13.8. The summed E-state index contributed by atoms with van der Waals surface area (Å²) >= 11 is 5.94. The van der Waals surface area contributed by atoms with Gasteiger partial charge >= 0.3 is 0 Å². The number of Topliss-reactive ketones (excluding diaryl/α,β-unsaturated/α-hetero) is 1. The van der Waals surface area contributed by atoms with Gasteiger partial charge in [0.05, 0.1) is 5.92 Å². The summed E-state index contributed by atoms with van der Waals surface area (Å²) in [6.45, 7) is 4.52. The molecule has 4 nitrogen and oxygen atoms in total. The molecular formula is C45H77ClO4. The number of unbranched alkanes of at least 4 members (excludes halogenated alkanes) is 24. The molecular weight excluding hydrogens is 640 g/mol. The Bertz CT molecular complexity index is 926. The highest BCUT2D eigenvalue weighted by Gasteiger charge is 2.71. The van der Waals surface area contributed by atoms with E-state index in [1.807, 2.05) is 0 Å². The lowest BCUT2D eigenvalue weighted by Gasteiger charge is -2.26. The van der Waals surface area contributed by atoms with E-state index < -0.39 is 28.4 Å². The minimum atomic E-state index is -0.913. The SMILES string of the molecule is CCCCCCCC/C=C\CCCCCCCCC(=O)C(CCCCCCCC/C=C\CCCCCCCC)C1(CC=O)C(C=O)C1C(=O)Cl. The third-order valence-corrected chi connectivity index (χ3v) is 11.5. The van der Waals surface area contributed by atoms with E-state index in [2.05, 4.69) is 38.2 Å². The van der Waals surface area contributed by atoms with E-state index in [9.17, 15) is 19.2 Å². The van der Waals surface area contributed by atoms with Crippen LogP contribution in [0.4, 0.5) is 0 Å². The van der Waals surface area contributed by atoms with Crippen LogP contribution in [0.1, 0.15) is 213 Å². The Balaban J connectivity index is 2.35. The quantitative estimate of drug-likeness (QED) is 0.0276. The molecule has 0 aromatic heterocycles. The zero-order chi connectivity index (χ0) is 36.5. The standard InChI is InChI=1S/C45H77ClO4/c1-3-5-7-9-11-13-15-17-19-21-23-25-27-29-31-33-35-40(45(37-38-47)41(39-48)43(45)44(46)50)42(49)36-34-32-30-28-26-24-22-20-18-16-14-12-10-8-6-4-2/h17-20,38-41,43H,3-16,21-37H2,1-2H3/b19-17-,20-18-. The number of hydrogen-bond acceptors (Lipinski definition) is 4. The van der Waals surface area contributed by atoms with E-state index in [-0.39, 0.29) is 12.2 Å². The molecule has 50 heavy (non-hydrogen) atoms. The number of rotatable bonds is 38. The maximum atomic E-state index is 13.7. The van der Waals surface area contributed by atoms with Crippen LogP contribution < -0.4 is 0 Å². The summed E-state index contributed by atoms with van der Waals surface area (Å²) in [6, 6.07) is 0. The number of aldehydes is 2. The normalized spacial score (nSPS) is 19.3. The van der Waals surface area contributed by atoms with Gasteiger partial charge in [-0.3, -0.25) is 9.59 Å². The molecule has 1 rings (SSSR count). The maximum Gasteiger partial charge on any atom is 0.226 e. The molecule has 4 unspecified atom stereocenters. The Morgan fingerprint density at radius 1 is 0.560 bits per heavy atom. The van der Waals surface area contributed by atoms with Crippen molar-refractivity contribution in [1.29, 1.82) is 0 Å². The van der Waals surface area contributed by atoms with Crippen LogP contribution in [0.2, 0.25) is 0 Å². The predicted molar refractivity (Wildman–Crippen MR) is 214 cm³/mol. The summed E-state index contributed by atoms with van der Waals surface area (Å²) in [5.74, 6) is -1.67. The van der Waals surface area contributed by atoms with Gasteiger partial charge in [0, 0.05) is 30.1 Å². The number of carbonyl (C=O) groups excluding carboxylic acids is 4. The zero-order valence-corrected chi connectivity index (χ0v) is 33.4. The van der Waals surface area contributed by atoms with Gasteiger partial charge in [-0.05, 0) is 75.8 Å². The topological polar surface area (TPSA) is 68.3 Å². The molecule has 0 bridgehead atoms. The van der Waals surface area contributed by atoms with Gasteiger partial charge in [0.2, 0.25) is 5.24 Å². The van der Waals surface area contributed by atoms with Crippen molar-refractivity contribution in [3.63, 3.8) is 0 Å². The van der Waals surface area contributed by atoms with Gasteiger partial charge in [-0.1, -0.05) is 160 Å². The Hall–Kier alpha value is -1.55. The summed E-state index contributed by atoms with van der Waals surface area (Å²) in [7, 11) is 0. The molecule has 0 amide bonds. The fourth-order valence-corrected chi connectivity index (χ4v) is 8.43. The van der Waals surface area contributed by atoms with Crippen LogP contribution in [-0.2, 0) is 19.2 Å². The first-order valence-electron chi connectivity index (χ1n) is 21.4. The monoisotopic (exact) mass is 717 g/mol. The second kappa shape index (κ2) is 32.1. The molecule has 1 aliphatic carbocycles. The first-order chi connectivity index (χ1) is 24.5. The van der Waals surface area contributed by atoms with Gasteiger partial charge in [-0.15, -0.1) is 0 Å². The molecule has 288 valence electrons. The molecule has 1 fully saturated rings. The molecule has 5 heteroatoms. The number of allylic oxidation sites excluding steroid dienone is 4. The third kappa shape index (κ3) is 20.5. The minimum Gasteiger partial charge on any atom is -0.303 e. The molecule has 0 heterocycles. The molecule has 0 aromatic rings. The van der Waals surface area contributed by atoms with Crippen LogP contribution in [0, 0.1) is 23.2 Å². The highest BCUT2D eigenvalue weighted by Crippen LogP contribution is 2.66. The molecule has 0 spiro atoms. The number of hydrogen-bond donors (Lipinski definition) is 0. The second-order valence-corrected chi connectivity index (χ2v) is 15.7. The van der Waals surface area contributed by atoms with Crippen molar-refractivity contribution in [2.75, 3.05) is 0 Å². The average molecular weight is 718 g/mol. The molecule has 0 aliphatic heterocycles. The van der Waals surface area contributed by atoms with Crippen molar-refractivity contribution >= 4 is 35.2 Å². The van der Waals surface area contributed by atoms with Gasteiger partial charge in [0.1, 0.15) is 18.4 Å². The largest absolute Gasteiger partial charge is 0.303 e. The smallest absolute Gasteiger partial charge is 0.226 e. The molecule has 0 aromatic carbocycles.